The summed E-state index contributed by atoms with van der Waals surface area (Å²) in [6, 6.07) is 0. The first-order valence-corrected chi connectivity index (χ1v) is 3.58. The molecule has 1 aliphatic rings. The molecule has 3 heteroatoms. The van der Waals surface area contributed by atoms with E-state index in [2.05, 4.69) is 11.8 Å². The molecule has 0 aromatic carbocycles. The van der Waals surface area contributed by atoms with E-state index in [-0.39, 0.29) is 12.2 Å². The molecule has 3 nitrogen and oxygen atoms in total. The molecule has 1 rings (SSSR count). The van der Waals surface area contributed by atoms with Crippen LogP contribution < -0.4 is 0 Å². The van der Waals surface area contributed by atoms with Crippen LogP contribution in [0.25, 0.3) is 0 Å². The van der Waals surface area contributed by atoms with E-state index in [1.165, 1.54) is 0 Å². The van der Waals surface area contributed by atoms with Crippen LogP contribution in [-0.4, -0.2) is 49.0 Å². The summed E-state index contributed by atoms with van der Waals surface area (Å²) in [5, 5.41) is 8.56. The van der Waals surface area contributed by atoms with Crippen molar-refractivity contribution in [3.8, 4) is 0 Å². The first kappa shape index (κ1) is 7.98. The van der Waals surface area contributed by atoms with Crippen LogP contribution in [-0.2, 0) is 4.74 Å². The van der Waals surface area contributed by atoms with Crippen LogP contribution in [0.15, 0.2) is 0 Å². The maximum atomic E-state index is 8.56. The topological polar surface area (TPSA) is 32.7 Å². The van der Waals surface area contributed by atoms with Gasteiger partial charge in [0.1, 0.15) is 0 Å². The van der Waals surface area contributed by atoms with Crippen molar-refractivity contribution in [2.75, 3.05) is 33.4 Å². The molecule has 1 aliphatic heterocycles. The zero-order valence-electron chi connectivity index (χ0n) is 6.63. The van der Waals surface area contributed by atoms with E-state index < -0.39 is 0 Å². The van der Waals surface area contributed by atoms with Crippen molar-refractivity contribution in [2.45, 2.75) is 12.5 Å². The minimum atomic E-state index is 0.0508. The standard InChI is InChI=1S/C7H15NO2/c1-7(10-2)5-8(6-7)3-4-9/h9H,3-6H2,1-2H3. The van der Waals surface area contributed by atoms with E-state index >= 15 is 0 Å². The highest BCUT2D eigenvalue weighted by Crippen LogP contribution is 2.22. The van der Waals surface area contributed by atoms with Crippen molar-refractivity contribution in [3.05, 3.63) is 0 Å². The smallest absolute Gasteiger partial charge is 0.0903 e. The highest BCUT2D eigenvalue weighted by molar-refractivity contribution is 4.92. The van der Waals surface area contributed by atoms with Gasteiger partial charge in [-0.25, -0.2) is 0 Å². The zero-order chi connectivity index (χ0) is 7.61. The highest BCUT2D eigenvalue weighted by atomic mass is 16.5. The molecule has 1 heterocycles. The monoisotopic (exact) mass is 145 g/mol. The number of β-amino-alcohol motifs (C(OH)–C–C–N with tert-alkyl or cyclic N) is 1. The van der Waals surface area contributed by atoms with Crippen molar-refractivity contribution in [3.63, 3.8) is 0 Å². The highest BCUT2D eigenvalue weighted by Gasteiger charge is 2.37. The second-order valence-corrected chi connectivity index (χ2v) is 3.09. The van der Waals surface area contributed by atoms with Gasteiger partial charge >= 0.3 is 0 Å². The summed E-state index contributed by atoms with van der Waals surface area (Å²) in [5.74, 6) is 0. The fourth-order valence-corrected chi connectivity index (χ4v) is 1.33. The minimum absolute atomic E-state index is 0.0508. The quantitative estimate of drug-likeness (QED) is 0.592. The number of likely N-dealkylation sites (tertiary alicyclic amines) is 1. The Labute approximate surface area is 61.6 Å². The summed E-state index contributed by atoms with van der Waals surface area (Å²) >= 11 is 0. The van der Waals surface area contributed by atoms with Gasteiger partial charge in [-0.15, -0.1) is 0 Å². The molecule has 0 aliphatic carbocycles. The number of hydrogen-bond donors (Lipinski definition) is 1. The van der Waals surface area contributed by atoms with Gasteiger partial charge in [0.25, 0.3) is 0 Å². The van der Waals surface area contributed by atoms with Crippen LogP contribution in [0, 0.1) is 0 Å². The maximum absolute atomic E-state index is 8.56. The van der Waals surface area contributed by atoms with Gasteiger partial charge < -0.3 is 9.84 Å². The summed E-state index contributed by atoms with van der Waals surface area (Å²) in [6.45, 7) is 5.01. The van der Waals surface area contributed by atoms with E-state index in [1.807, 2.05) is 0 Å². The molecule has 0 spiro atoms. The van der Waals surface area contributed by atoms with Crippen molar-refractivity contribution in [1.82, 2.24) is 4.90 Å². The number of aliphatic hydroxyl groups is 1. The zero-order valence-corrected chi connectivity index (χ0v) is 6.63. The molecular weight excluding hydrogens is 130 g/mol. The third kappa shape index (κ3) is 1.48. The van der Waals surface area contributed by atoms with Crippen molar-refractivity contribution in [2.24, 2.45) is 0 Å². The summed E-state index contributed by atoms with van der Waals surface area (Å²) in [6.07, 6.45) is 0. The number of ether oxygens (including phenoxy) is 1. The third-order valence-corrected chi connectivity index (χ3v) is 2.03. The fraction of sp³-hybridized carbons (Fsp3) is 1.00. The Morgan fingerprint density at radius 2 is 2.20 bits per heavy atom. The molecular formula is C7H15NO2. The van der Waals surface area contributed by atoms with Gasteiger partial charge in [0.2, 0.25) is 0 Å². The first-order chi connectivity index (χ1) is 4.70. The molecule has 1 saturated heterocycles. The van der Waals surface area contributed by atoms with E-state index in [4.69, 9.17) is 9.84 Å². The van der Waals surface area contributed by atoms with Crippen molar-refractivity contribution in [1.29, 1.82) is 0 Å². The van der Waals surface area contributed by atoms with Gasteiger partial charge in [-0.05, 0) is 6.92 Å². The van der Waals surface area contributed by atoms with E-state index in [0.717, 1.165) is 19.6 Å². The molecule has 0 amide bonds. The lowest BCUT2D eigenvalue weighted by Crippen LogP contribution is -2.61. The predicted octanol–water partition coefficient (Wildman–Crippen LogP) is -0.301. The Hall–Kier alpha value is -0.120. The lowest BCUT2D eigenvalue weighted by molar-refractivity contribution is -0.113. The Kier molecular flexibility index (Phi) is 2.28. The fourth-order valence-electron chi connectivity index (χ4n) is 1.33. The maximum Gasteiger partial charge on any atom is 0.0903 e. The molecule has 1 N–H and O–H groups in total. The molecule has 0 atom stereocenters. The van der Waals surface area contributed by atoms with Gasteiger partial charge in [0.15, 0.2) is 0 Å². The van der Waals surface area contributed by atoms with E-state index in [0.29, 0.717) is 0 Å². The van der Waals surface area contributed by atoms with Gasteiger partial charge in [-0.1, -0.05) is 0 Å². The Balaban J connectivity index is 2.16. The van der Waals surface area contributed by atoms with Crippen LogP contribution in [0.3, 0.4) is 0 Å². The summed E-state index contributed by atoms with van der Waals surface area (Å²) in [4.78, 5) is 2.17. The molecule has 0 unspecified atom stereocenters. The number of nitrogens with zero attached hydrogens (tertiary/aromatic N) is 1. The van der Waals surface area contributed by atoms with E-state index in [9.17, 15) is 0 Å². The molecule has 0 aromatic rings. The SMILES string of the molecule is COC1(C)CN(CCO)C1. The normalized spacial score (nSPS) is 24.3. The number of aliphatic hydroxyl groups excluding tert-OH is 1. The number of methoxy groups -OCH3 is 1. The predicted molar refractivity (Wildman–Crippen MR) is 38.9 cm³/mol. The summed E-state index contributed by atoms with van der Waals surface area (Å²) < 4.78 is 5.23. The lowest BCUT2D eigenvalue weighted by atomic mass is 9.97. The van der Waals surface area contributed by atoms with Crippen LogP contribution in [0.4, 0.5) is 0 Å². The van der Waals surface area contributed by atoms with Crippen LogP contribution in [0.5, 0.6) is 0 Å². The van der Waals surface area contributed by atoms with Crippen LogP contribution >= 0.6 is 0 Å². The van der Waals surface area contributed by atoms with Crippen molar-refractivity contribution >= 4 is 0 Å². The Morgan fingerprint density at radius 3 is 2.60 bits per heavy atom. The van der Waals surface area contributed by atoms with Gasteiger partial charge in [-0.3, -0.25) is 4.90 Å². The second-order valence-electron chi connectivity index (χ2n) is 3.09. The lowest BCUT2D eigenvalue weighted by Gasteiger charge is -2.46. The Morgan fingerprint density at radius 1 is 1.60 bits per heavy atom. The van der Waals surface area contributed by atoms with Crippen molar-refractivity contribution < 1.29 is 9.84 Å². The van der Waals surface area contributed by atoms with Gasteiger partial charge in [0, 0.05) is 26.7 Å². The molecule has 1 fully saturated rings. The summed E-state index contributed by atoms with van der Waals surface area (Å²) in [7, 11) is 1.73. The third-order valence-electron chi connectivity index (χ3n) is 2.03. The Bertz CT molecular complexity index is 110. The van der Waals surface area contributed by atoms with E-state index in [1.54, 1.807) is 7.11 Å². The molecule has 0 radical (unpaired) electrons. The summed E-state index contributed by atoms with van der Waals surface area (Å²) in [5.41, 5.74) is 0.0508. The van der Waals surface area contributed by atoms with Gasteiger partial charge in [-0.2, -0.15) is 0 Å². The first-order valence-electron chi connectivity index (χ1n) is 3.58. The van der Waals surface area contributed by atoms with Gasteiger partial charge in [0.05, 0.1) is 12.2 Å². The number of hydrogen-bond acceptors (Lipinski definition) is 3. The second kappa shape index (κ2) is 2.86. The molecule has 0 bridgehead atoms. The molecule has 60 valence electrons. The average molecular weight is 145 g/mol. The minimum Gasteiger partial charge on any atom is -0.395 e. The molecule has 0 saturated carbocycles. The van der Waals surface area contributed by atoms with Crippen LogP contribution in [0.1, 0.15) is 6.92 Å². The largest absolute Gasteiger partial charge is 0.395 e. The number of rotatable bonds is 3. The average Bonchev–Trinajstić information content (AvgIpc) is 1.85. The molecule has 0 aromatic heterocycles. The van der Waals surface area contributed by atoms with Crippen LogP contribution in [0.2, 0.25) is 0 Å². The molecule has 10 heavy (non-hydrogen) atoms.